The number of rotatable bonds is 4. The molecule has 3 N–H and O–H groups in total. The molecule has 0 saturated carbocycles. The number of nitrogens with one attached hydrogen (secondary N) is 1. The monoisotopic (exact) mass is 374 g/mol. The van der Waals surface area contributed by atoms with Crippen LogP contribution in [-0.4, -0.2) is 5.84 Å². The Bertz CT molecular complexity index is 1240. The molecule has 4 aromatic carbocycles. The summed E-state index contributed by atoms with van der Waals surface area (Å²) in [6.07, 6.45) is 1.72. The maximum Gasteiger partial charge on any atom is 0.123 e. The van der Waals surface area contributed by atoms with Gasteiger partial charge in [0, 0.05) is 5.56 Å². The molecule has 0 radical (unpaired) electrons. The molecular weight excluding hydrogens is 352 g/mol. The average molecular weight is 374 g/mol. The van der Waals surface area contributed by atoms with Gasteiger partial charge >= 0.3 is 0 Å². The molecule has 4 aromatic rings. The summed E-state index contributed by atoms with van der Waals surface area (Å²) in [5, 5.41) is 7.91. The summed E-state index contributed by atoms with van der Waals surface area (Å²) in [6, 6.07) is 31.9. The van der Waals surface area contributed by atoms with Crippen LogP contribution in [0.5, 0.6) is 0 Å². The van der Waals surface area contributed by atoms with Crippen LogP contribution in [0.4, 0.5) is 0 Å². The van der Waals surface area contributed by atoms with E-state index in [-0.39, 0.29) is 5.84 Å². The summed E-state index contributed by atoms with van der Waals surface area (Å²) in [5.41, 5.74) is 17.0. The third-order valence-corrected chi connectivity index (χ3v) is 5.85. The zero-order valence-corrected chi connectivity index (χ0v) is 16.2. The Balaban J connectivity index is 1.62. The van der Waals surface area contributed by atoms with Gasteiger partial charge in [0.2, 0.25) is 0 Å². The smallest absolute Gasteiger partial charge is 0.123 e. The molecule has 29 heavy (non-hydrogen) atoms. The predicted molar refractivity (Wildman–Crippen MR) is 120 cm³/mol. The zero-order valence-electron chi connectivity index (χ0n) is 16.2. The van der Waals surface area contributed by atoms with Gasteiger partial charge in [0.1, 0.15) is 5.84 Å². The quantitative estimate of drug-likeness (QED) is 0.303. The van der Waals surface area contributed by atoms with E-state index in [1.54, 1.807) is 0 Å². The van der Waals surface area contributed by atoms with Crippen LogP contribution >= 0.6 is 0 Å². The number of nitrogens with two attached hydrogens (primary N) is 1. The maximum absolute atomic E-state index is 7.91. The molecule has 5 rings (SSSR count). The van der Waals surface area contributed by atoms with E-state index in [1.807, 2.05) is 18.2 Å². The van der Waals surface area contributed by atoms with Crippen molar-refractivity contribution in [3.8, 4) is 22.3 Å². The van der Waals surface area contributed by atoms with Crippen LogP contribution < -0.4 is 5.73 Å². The van der Waals surface area contributed by atoms with Crippen LogP contribution in [0.15, 0.2) is 91.0 Å². The summed E-state index contributed by atoms with van der Waals surface area (Å²) in [7, 11) is 0. The largest absolute Gasteiger partial charge is 0.384 e. The van der Waals surface area contributed by atoms with Gasteiger partial charge in [-0.1, -0.05) is 91.0 Å². The first-order chi connectivity index (χ1) is 14.2. The summed E-state index contributed by atoms with van der Waals surface area (Å²) >= 11 is 0. The molecule has 140 valence electrons. The van der Waals surface area contributed by atoms with Gasteiger partial charge in [-0.15, -0.1) is 0 Å². The van der Waals surface area contributed by atoms with Gasteiger partial charge in [-0.25, -0.2) is 0 Å². The van der Waals surface area contributed by atoms with Gasteiger partial charge in [-0.05, 0) is 57.3 Å². The number of amidine groups is 1. The second-order valence-electron chi connectivity index (χ2n) is 7.57. The molecule has 1 aliphatic carbocycles. The fraction of sp³-hybridized carbons (Fsp3) is 0.0741. The molecule has 0 atom stereocenters. The topological polar surface area (TPSA) is 49.9 Å². The van der Waals surface area contributed by atoms with Crippen LogP contribution in [0, 0.1) is 5.41 Å². The number of hydrogen-bond donors (Lipinski definition) is 2. The second kappa shape index (κ2) is 7.06. The van der Waals surface area contributed by atoms with E-state index in [9.17, 15) is 0 Å². The SMILES string of the molecule is N=C(N)c1ccccc1Cc1ccccc1-c1cccc2c1Cc1ccccc1-2. The number of hydrogen-bond acceptors (Lipinski definition) is 1. The van der Waals surface area contributed by atoms with E-state index in [0.29, 0.717) is 0 Å². The zero-order chi connectivity index (χ0) is 19.8. The average Bonchev–Trinajstić information content (AvgIpc) is 3.13. The molecule has 0 aromatic heterocycles. The summed E-state index contributed by atoms with van der Waals surface area (Å²) < 4.78 is 0. The lowest BCUT2D eigenvalue weighted by Crippen LogP contribution is -2.14. The first kappa shape index (κ1) is 17.4. The fourth-order valence-electron chi connectivity index (χ4n) is 4.49. The Labute approximate surface area is 171 Å². The highest BCUT2D eigenvalue weighted by Gasteiger charge is 2.22. The Kier molecular flexibility index (Phi) is 4.25. The van der Waals surface area contributed by atoms with E-state index in [0.717, 1.165) is 24.0 Å². The third kappa shape index (κ3) is 3.03. The molecule has 0 fully saturated rings. The molecule has 0 amide bonds. The molecule has 2 nitrogen and oxygen atoms in total. The second-order valence-corrected chi connectivity index (χ2v) is 7.57. The van der Waals surface area contributed by atoms with Crippen molar-refractivity contribution >= 4 is 5.84 Å². The molecule has 2 heteroatoms. The van der Waals surface area contributed by atoms with Crippen molar-refractivity contribution in [2.75, 3.05) is 0 Å². The van der Waals surface area contributed by atoms with Crippen molar-refractivity contribution in [2.24, 2.45) is 5.73 Å². The minimum Gasteiger partial charge on any atom is -0.384 e. The van der Waals surface area contributed by atoms with E-state index in [1.165, 1.54) is 38.9 Å². The van der Waals surface area contributed by atoms with E-state index in [2.05, 4.69) is 72.8 Å². The molecule has 0 saturated heterocycles. The van der Waals surface area contributed by atoms with Crippen molar-refractivity contribution < 1.29 is 0 Å². The highest BCUT2D eigenvalue weighted by Crippen LogP contribution is 2.42. The van der Waals surface area contributed by atoms with Gasteiger partial charge in [0.15, 0.2) is 0 Å². The predicted octanol–water partition coefficient (Wildman–Crippen LogP) is 5.80. The summed E-state index contributed by atoms with van der Waals surface area (Å²) in [6.45, 7) is 0. The Morgan fingerprint density at radius 2 is 1.24 bits per heavy atom. The van der Waals surface area contributed by atoms with Crippen LogP contribution in [0.2, 0.25) is 0 Å². The molecule has 0 bridgehead atoms. The first-order valence-corrected chi connectivity index (χ1v) is 9.93. The number of fused-ring (bicyclic) bond motifs is 3. The number of benzene rings is 4. The molecule has 0 unspecified atom stereocenters. The standard InChI is InChI=1S/C27H22N2/c28-27(29)23-13-6-3-9-19(23)16-18-8-1-4-11-21(18)24-14-7-15-25-22-12-5-2-10-20(22)17-26(24)25/h1-15H,16-17H2,(H3,28,29). The maximum atomic E-state index is 7.91. The minimum atomic E-state index is 0.120. The Morgan fingerprint density at radius 1 is 0.655 bits per heavy atom. The van der Waals surface area contributed by atoms with Crippen molar-refractivity contribution in [3.63, 3.8) is 0 Å². The van der Waals surface area contributed by atoms with Crippen molar-refractivity contribution in [2.45, 2.75) is 12.8 Å². The van der Waals surface area contributed by atoms with Gasteiger partial charge < -0.3 is 5.73 Å². The van der Waals surface area contributed by atoms with Crippen LogP contribution in [0.1, 0.15) is 27.8 Å². The van der Waals surface area contributed by atoms with Gasteiger partial charge in [0.05, 0.1) is 0 Å². The molecule has 0 aliphatic heterocycles. The van der Waals surface area contributed by atoms with Gasteiger partial charge in [0.25, 0.3) is 0 Å². The summed E-state index contributed by atoms with van der Waals surface area (Å²) in [4.78, 5) is 0. The van der Waals surface area contributed by atoms with Crippen LogP contribution in [-0.2, 0) is 12.8 Å². The lowest BCUT2D eigenvalue weighted by Gasteiger charge is -2.15. The van der Waals surface area contributed by atoms with Crippen molar-refractivity contribution in [3.05, 3.63) is 119 Å². The van der Waals surface area contributed by atoms with Gasteiger partial charge in [-0.3, -0.25) is 5.41 Å². The fourth-order valence-corrected chi connectivity index (χ4v) is 4.49. The van der Waals surface area contributed by atoms with Crippen LogP contribution in [0.3, 0.4) is 0 Å². The Morgan fingerprint density at radius 3 is 2.03 bits per heavy atom. The molecule has 1 aliphatic rings. The van der Waals surface area contributed by atoms with E-state index in [4.69, 9.17) is 11.1 Å². The highest BCUT2D eigenvalue weighted by atomic mass is 14.7. The Hall–Kier alpha value is -3.65. The molecule has 0 spiro atoms. The van der Waals surface area contributed by atoms with Crippen LogP contribution in [0.25, 0.3) is 22.3 Å². The first-order valence-electron chi connectivity index (χ1n) is 9.93. The van der Waals surface area contributed by atoms with E-state index >= 15 is 0 Å². The summed E-state index contributed by atoms with van der Waals surface area (Å²) in [5.74, 6) is 0.120. The third-order valence-electron chi connectivity index (χ3n) is 5.85. The van der Waals surface area contributed by atoms with Crippen molar-refractivity contribution in [1.82, 2.24) is 0 Å². The van der Waals surface area contributed by atoms with Crippen molar-refractivity contribution in [1.29, 1.82) is 5.41 Å². The van der Waals surface area contributed by atoms with Gasteiger partial charge in [-0.2, -0.15) is 0 Å². The van der Waals surface area contributed by atoms with E-state index < -0.39 is 0 Å². The number of nitrogen functional groups attached to an aromatic ring is 1. The normalized spacial score (nSPS) is 11.7. The molecular formula is C27H22N2. The minimum absolute atomic E-state index is 0.120. The molecule has 0 heterocycles. The lowest BCUT2D eigenvalue weighted by atomic mass is 9.89. The lowest BCUT2D eigenvalue weighted by molar-refractivity contribution is 1.17. The highest BCUT2D eigenvalue weighted by molar-refractivity contribution is 5.96.